The SMILES string of the molecule is CC(C)(C)C1(C(C)(C)C)Cc2ccccc2C(=O)O1. The Morgan fingerprint density at radius 1 is 1.00 bits per heavy atom. The molecule has 1 aromatic carbocycles. The Morgan fingerprint density at radius 3 is 2.05 bits per heavy atom. The third-order valence-electron chi connectivity index (χ3n) is 4.37. The summed E-state index contributed by atoms with van der Waals surface area (Å²) in [7, 11) is 0. The third-order valence-corrected chi connectivity index (χ3v) is 4.37. The smallest absolute Gasteiger partial charge is 0.339 e. The third kappa shape index (κ3) is 2.07. The van der Waals surface area contributed by atoms with E-state index >= 15 is 0 Å². The largest absolute Gasteiger partial charge is 0.454 e. The van der Waals surface area contributed by atoms with Crippen LogP contribution >= 0.6 is 0 Å². The van der Waals surface area contributed by atoms with Crippen LogP contribution in [0.25, 0.3) is 0 Å². The summed E-state index contributed by atoms with van der Waals surface area (Å²) in [4.78, 5) is 12.4. The molecule has 0 aliphatic carbocycles. The van der Waals surface area contributed by atoms with E-state index in [2.05, 4.69) is 41.5 Å². The highest BCUT2D eigenvalue weighted by molar-refractivity contribution is 5.92. The van der Waals surface area contributed by atoms with Gasteiger partial charge in [0.1, 0.15) is 5.60 Å². The van der Waals surface area contributed by atoms with Crippen LogP contribution in [-0.2, 0) is 11.2 Å². The highest BCUT2D eigenvalue weighted by Crippen LogP contribution is 2.51. The van der Waals surface area contributed by atoms with Crippen molar-refractivity contribution in [3.8, 4) is 0 Å². The predicted molar refractivity (Wildman–Crippen MR) is 77.2 cm³/mol. The zero-order chi connectivity index (χ0) is 14.5. The summed E-state index contributed by atoms with van der Waals surface area (Å²) in [5.74, 6) is -0.188. The molecule has 0 radical (unpaired) electrons. The molecule has 0 fully saturated rings. The summed E-state index contributed by atoms with van der Waals surface area (Å²) in [6.07, 6.45) is 0.780. The van der Waals surface area contributed by atoms with Gasteiger partial charge in [-0.2, -0.15) is 0 Å². The van der Waals surface area contributed by atoms with E-state index < -0.39 is 5.60 Å². The standard InChI is InChI=1S/C17H24O2/c1-15(2,3)17(16(4,5)6)11-12-9-7-8-10-13(12)14(18)19-17/h7-10H,11H2,1-6H3. The molecule has 0 N–H and O–H groups in total. The van der Waals surface area contributed by atoms with Gasteiger partial charge in [-0.25, -0.2) is 4.79 Å². The van der Waals surface area contributed by atoms with Crippen LogP contribution in [0.15, 0.2) is 24.3 Å². The zero-order valence-electron chi connectivity index (χ0n) is 12.8. The van der Waals surface area contributed by atoms with E-state index in [9.17, 15) is 4.79 Å². The number of rotatable bonds is 0. The Labute approximate surface area is 116 Å². The van der Waals surface area contributed by atoms with Gasteiger partial charge in [0.25, 0.3) is 0 Å². The molecule has 2 nitrogen and oxygen atoms in total. The van der Waals surface area contributed by atoms with Crippen molar-refractivity contribution in [2.24, 2.45) is 10.8 Å². The number of hydrogen-bond acceptors (Lipinski definition) is 2. The minimum absolute atomic E-state index is 0.117. The van der Waals surface area contributed by atoms with Gasteiger partial charge in [-0.3, -0.25) is 0 Å². The second-order valence-corrected chi connectivity index (χ2v) is 7.55. The number of esters is 1. The molecule has 19 heavy (non-hydrogen) atoms. The van der Waals surface area contributed by atoms with E-state index in [1.807, 2.05) is 24.3 Å². The van der Waals surface area contributed by atoms with Crippen molar-refractivity contribution in [2.45, 2.75) is 53.6 Å². The number of carbonyl (C=O) groups excluding carboxylic acids is 1. The highest BCUT2D eigenvalue weighted by atomic mass is 16.6. The summed E-state index contributed by atoms with van der Waals surface area (Å²) in [5.41, 5.74) is 1.10. The molecule has 0 saturated carbocycles. The molecule has 2 heteroatoms. The van der Waals surface area contributed by atoms with Gasteiger partial charge >= 0.3 is 5.97 Å². The van der Waals surface area contributed by atoms with E-state index in [0.29, 0.717) is 5.56 Å². The quantitative estimate of drug-likeness (QED) is 0.652. The van der Waals surface area contributed by atoms with Crippen LogP contribution in [-0.4, -0.2) is 11.6 Å². The molecule has 0 saturated heterocycles. The van der Waals surface area contributed by atoms with Gasteiger partial charge in [-0.15, -0.1) is 0 Å². The second-order valence-electron chi connectivity index (χ2n) is 7.55. The first-order valence-corrected chi connectivity index (χ1v) is 6.90. The maximum atomic E-state index is 12.4. The lowest BCUT2D eigenvalue weighted by Crippen LogP contribution is -2.59. The fraction of sp³-hybridized carbons (Fsp3) is 0.588. The lowest BCUT2D eigenvalue weighted by atomic mass is 9.59. The molecule has 1 aliphatic heterocycles. The van der Waals surface area contributed by atoms with E-state index in [-0.39, 0.29) is 16.8 Å². The molecule has 2 rings (SSSR count). The Morgan fingerprint density at radius 2 is 1.53 bits per heavy atom. The van der Waals surface area contributed by atoms with Crippen LogP contribution in [0.1, 0.15) is 57.5 Å². The topological polar surface area (TPSA) is 26.3 Å². The average Bonchev–Trinajstić information content (AvgIpc) is 2.26. The van der Waals surface area contributed by atoms with Crippen LogP contribution < -0.4 is 0 Å². The highest BCUT2D eigenvalue weighted by Gasteiger charge is 2.56. The van der Waals surface area contributed by atoms with Crippen molar-refractivity contribution in [2.75, 3.05) is 0 Å². The van der Waals surface area contributed by atoms with Crippen LogP contribution in [0.5, 0.6) is 0 Å². The van der Waals surface area contributed by atoms with Crippen molar-refractivity contribution in [1.29, 1.82) is 0 Å². The van der Waals surface area contributed by atoms with E-state index in [1.54, 1.807) is 0 Å². The number of ether oxygens (including phenoxy) is 1. The van der Waals surface area contributed by atoms with E-state index in [4.69, 9.17) is 4.74 Å². The van der Waals surface area contributed by atoms with Gasteiger partial charge < -0.3 is 4.74 Å². The second kappa shape index (κ2) is 4.09. The van der Waals surface area contributed by atoms with Crippen molar-refractivity contribution in [3.63, 3.8) is 0 Å². The summed E-state index contributed by atoms with van der Waals surface area (Å²) in [6.45, 7) is 12.9. The molecule has 0 aromatic heterocycles. The van der Waals surface area contributed by atoms with Crippen molar-refractivity contribution in [1.82, 2.24) is 0 Å². The molecule has 1 aliphatic rings. The predicted octanol–water partition coefficient (Wildman–Crippen LogP) is 4.23. The average molecular weight is 260 g/mol. The van der Waals surface area contributed by atoms with Gasteiger partial charge in [0, 0.05) is 17.3 Å². The zero-order valence-corrected chi connectivity index (χ0v) is 12.8. The first-order valence-electron chi connectivity index (χ1n) is 6.90. The van der Waals surface area contributed by atoms with Crippen LogP contribution in [0, 0.1) is 10.8 Å². The summed E-state index contributed by atoms with van der Waals surface area (Å²) >= 11 is 0. The van der Waals surface area contributed by atoms with Crippen LogP contribution in [0.2, 0.25) is 0 Å². The first-order chi connectivity index (χ1) is 8.58. The normalized spacial score (nSPS) is 18.7. The lowest BCUT2D eigenvalue weighted by Gasteiger charge is -2.54. The van der Waals surface area contributed by atoms with Crippen molar-refractivity contribution >= 4 is 5.97 Å². The van der Waals surface area contributed by atoms with Gasteiger partial charge in [0.05, 0.1) is 5.56 Å². The first kappa shape index (κ1) is 14.1. The number of carbonyl (C=O) groups is 1. The minimum atomic E-state index is -0.481. The van der Waals surface area contributed by atoms with Crippen LogP contribution in [0.4, 0.5) is 0 Å². The fourth-order valence-electron chi connectivity index (χ4n) is 3.35. The monoisotopic (exact) mass is 260 g/mol. The Bertz CT molecular complexity index is 487. The molecular formula is C17H24O2. The molecule has 104 valence electrons. The van der Waals surface area contributed by atoms with Gasteiger partial charge in [-0.1, -0.05) is 59.7 Å². The Hall–Kier alpha value is -1.31. The number of fused-ring (bicyclic) bond motifs is 1. The summed E-state index contributed by atoms with van der Waals surface area (Å²) < 4.78 is 5.99. The molecule has 0 unspecified atom stereocenters. The summed E-state index contributed by atoms with van der Waals surface area (Å²) in [5, 5.41) is 0. The maximum Gasteiger partial charge on any atom is 0.339 e. The lowest BCUT2D eigenvalue weighted by molar-refractivity contribution is -0.148. The number of hydrogen-bond donors (Lipinski definition) is 0. The van der Waals surface area contributed by atoms with Crippen molar-refractivity contribution in [3.05, 3.63) is 35.4 Å². The Balaban J connectivity index is 2.60. The summed E-state index contributed by atoms with van der Waals surface area (Å²) in [6, 6.07) is 7.78. The number of cyclic esters (lactones) is 1. The fourth-order valence-corrected chi connectivity index (χ4v) is 3.35. The maximum absolute atomic E-state index is 12.4. The van der Waals surface area contributed by atoms with Gasteiger partial charge in [0.15, 0.2) is 0 Å². The molecule has 0 atom stereocenters. The molecule has 1 aromatic rings. The van der Waals surface area contributed by atoms with Crippen LogP contribution in [0.3, 0.4) is 0 Å². The molecule has 0 bridgehead atoms. The van der Waals surface area contributed by atoms with Gasteiger partial charge in [-0.05, 0) is 11.6 Å². The molecule has 1 heterocycles. The Kier molecular flexibility index (Phi) is 3.04. The number of benzene rings is 1. The van der Waals surface area contributed by atoms with Crippen molar-refractivity contribution < 1.29 is 9.53 Å². The van der Waals surface area contributed by atoms with E-state index in [0.717, 1.165) is 12.0 Å². The van der Waals surface area contributed by atoms with Gasteiger partial charge in [0.2, 0.25) is 0 Å². The molecule has 0 amide bonds. The molecular weight excluding hydrogens is 236 g/mol. The molecule has 0 spiro atoms. The minimum Gasteiger partial charge on any atom is -0.454 e. The van der Waals surface area contributed by atoms with E-state index in [1.165, 1.54) is 0 Å².